The number of ether oxygens (including phenoxy) is 1. The lowest BCUT2D eigenvalue weighted by Gasteiger charge is -2.23. The second-order valence-electron chi connectivity index (χ2n) is 6.02. The molecule has 1 aromatic carbocycles. The summed E-state index contributed by atoms with van der Waals surface area (Å²) in [5.41, 5.74) is 4.84. The summed E-state index contributed by atoms with van der Waals surface area (Å²) in [6.45, 7) is 1.67. The van der Waals surface area contributed by atoms with Crippen molar-refractivity contribution in [2.24, 2.45) is 5.73 Å². The van der Waals surface area contributed by atoms with Gasteiger partial charge in [-0.3, -0.25) is 14.5 Å². The van der Waals surface area contributed by atoms with Gasteiger partial charge in [0.2, 0.25) is 0 Å². The fraction of sp³-hybridized carbons (Fsp3) is 0.294. The molecule has 9 nitrogen and oxygen atoms in total. The normalized spacial score (nSPS) is 11.2. The molecule has 0 spiro atoms. The lowest BCUT2D eigenvalue weighted by Crippen LogP contribution is -2.38. The highest BCUT2D eigenvalue weighted by Crippen LogP contribution is 2.24. The van der Waals surface area contributed by atoms with Gasteiger partial charge in [0.1, 0.15) is 5.82 Å². The zero-order valence-corrected chi connectivity index (χ0v) is 18.9. The zero-order valence-electron chi connectivity index (χ0n) is 16.5. The Morgan fingerprint density at radius 1 is 1.23 bits per heavy atom. The molecule has 2 aromatic rings. The second-order valence-corrected chi connectivity index (χ2v) is 6.43. The maximum absolute atomic E-state index is 13.5. The van der Waals surface area contributed by atoms with Crippen LogP contribution in [-0.4, -0.2) is 53.2 Å². The van der Waals surface area contributed by atoms with Gasteiger partial charge in [-0.1, -0.05) is 11.6 Å². The number of nitrogens with two attached hydrogens (primary N) is 1. The van der Waals surface area contributed by atoms with E-state index in [4.69, 9.17) is 22.1 Å². The number of carbonyl (C=O) groups is 3. The van der Waals surface area contributed by atoms with Gasteiger partial charge in [0.05, 0.1) is 17.2 Å². The Morgan fingerprint density at radius 3 is 2.32 bits per heavy atom. The van der Waals surface area contributed by atoms with Crippen molar-refractivity contribution < 1.29 is 27.9 Å². The molecule has 1 atom stereocenters. The monoisotopic (exact) mass is 501 g/mol. The largest absolute Gasteiger partial charge is 0.461 e. The van der Waals surface area contributed by atoms with Crippen LogP contribution >= 0.6 is 36.4 Å². The van der Waals surface area contributed by atoms with Gasteiger partial charge in [0, 0.05) is 6.07 Å². The van der Waals surface area contributed by atoms with Crippen molar-refractivity contribution in [3.8, 4) is 0 Å². The summed E-state index contributed by atoms with van der Waals surface area (Å²) < 4.78 is 32.6. The van der Waals surface area contributed by atoms with Crippen LogP contribution in [0.15, 0.2) is 18.2 Å². The Morgan fingerprint density at radius 2 is 1.81 bits per heavy atom. The standard InChI is InChI=1S/C17H18ClF2N5O4.2ClH/c1-4-29-17(28)12-7-13(25(23-12)16(14(21)26)24(2)3)22-15(27)8-5-10(19)11(20)6-9(8)18;;/h5-7,16H,4H2,1-3H3,(H2,21,26)(H,22,27);2*1H. The first-order valence-electron chi connectivity index (χ1n) is 8.25. The zero-order chi connectivity index (χ0) is 21.9. The lowest BCUT2D eigenvalue weighted by molar-refractivity contribution is -0.125. The molecule has 1 unspecified atom stereocenters. The Bertz CT molecular complexity index is 971. The highest BCUT2D eigenvalue weighted by Gasteiger charge is 2.28. The number of primary amides is 1. The first-order valence-corrected chi connectivity index (χ1v) is 8.62. The summed E-state index contributed by atoms with van der Waals surface area (Å²) in [5.74, 6) is -5.15. The topological polar surface area (TPSA) is 120 Å². The van der Waals surface area contributed by atoms with Crippen molar-refractivity contribution in [2.45, 2.75) is 13.1 Å². The molecular formula is C17H20Cl3F2N5O4. The van der Waals surface area contributed by atoms with E-state index in [-0.39, 0.29) is 53.5 Å². The quantitative estimate of drug-likeness (QED) is 0.444. The maximum atomic E-state index is 13.5. The molecular weight excluding hydrogens is 483 g/mol. The van der Waals surface area contributed by atoms with Gasteiger partial charge in [0.15, 0.2) is 23.5 Å². The van der Waals surface area contributed by atoms with Crippen LogP contribution in [0, 0.1) is 11.6 Å². The molecule has 0 saturated carbocycles. The van der Waals surface area contributed by atoms with Crippen molar-refractivity contribution in [3.05, 3.63) is 46.1 Å². The van der Waals surface area contributed by atoms with Crippen LogP contribution in [0.25, 0.3) is 0 Å². The van der Waals surface area contributed by atoms with Crippen LogP contribution in [0.3, 0.4) is 0 Å². The van der Waals surface area contributed by atoms with Gasteiger partial charge in [-0.05, 0) is 33.2 Å². The van der Waals surface area contributed by atoms with Gasteiger partial charge in [0.25, 0.3) is 11.8 Å². The van der Waals surface area contributed by atoms with Gasteiger partial charge < -0.3 is 15.8 Å². The number of rotatable bonds is 7. The van der Waals surface area contributed by atoms with Gasteiger partial charge in [-0.25, -0.2) is 18.3 Å². The van der Waals surface area contributed by atoms with Gasteiger partial charge >= 0.3 is 5.97 Å². The van der Waals surface area contributed by atoms with E-state index < -0.39 is 35.6 Å². The Balaban J connectivity index is 0.00000450. The number of hydrogen-bond acceptors (Lipinski definition) is 6. The predicted molar refractivity (Wildman–Crippen MR) is 114 cm³/mol. The Hall–Kier alpha value is -2.47. The van der Waals surface area contributed by atoms with E-state index in [9.17, 15) is 23.2 Å². The minimum Gasteiger partial charge on any atom is -0.461 e. The molecule has 0 fully saturated rings. The van der Waals surface area contributed by atoms with Crippen LogP contribution in [0.2, 0.25) is 5.02 Å². The van der Waals surface area contributed by atoms with Crippen LogP contribution in [-0.2, 0) is 9.53 Å². The lowest BCUT2D eigenvalue weighted by atomic mass is 10.2. The molecule has 0 aliphatic heterocycles. The molecule has 2 amide bonds. The second kappa shape index (κ2) is 11.8. The number of aromatic nitrogens is 2. The minimum atomic E-state index is -1.27. The first-order chi connectivity index (χ1) is 13.6. The number of esters is 1. The summed E-state index contributed by atoms with van der Waals surface area (Å²) in [6, 6.07) is 2.43. The molecule has 1 aromatic heterocycles. The SMILES string of the molecule is CCOC(=O)c1cc(NC(=O)c2cc(F)c(F)cc2Cl)n(C(C(N)=O)N(C)C)n1.Cl.Cl. The summed E-state index contributed by atoms with van der Waals surface area (Å²) >= 11 is 5.82. The predicted octanol–water partition coefficient (Wildman–Crippen LogP) is 2.63. The number of carbonyl (C=O) groups excluding carboxylic acids is 3. The van der Waals surface area contributed by atoms with Crippen LogP contribution in [0.4, 0.5) is 14.6 Å². The molecule has 0 saturated heterocycles. The number of halogens is 5. The average Bonchev–Trinajstić information content (AvgIpc) is 3.01. The molecule has 0 radical (unpaired) electrons. The third-order valence-electron chi connectivity index (χ3n) is 3.69. The van der Waals surface area contributed by atoms with E-state index in [1.165, 1.54) is 19.0 Å². The van der Waals surface area contributed by atoms with Gasteiger partial charge in [-0.2, -0.15) is 5.10 Å². The number of likely N-dealkylation sites (N-methyl/N-ethyl adjacent to an activating group) is 1. The Kier molecular flexibility index (Phi) is 10.9. The smallest absolute Gasteiger partial charge is 0.358 e. The first kappa shape index (κ1) is 28.5. The molecule has 3 N–H and O–H groups in total. The molecule has 0 aliphatic carbocycles. The number of anilines is 1. The summed E-state index contributed by atoms with van der Waals surface area (Å²) in [4.78, 5) is 37.8. The highest BCUT2D eigenvalue weighted by molar-refractivity contribution is 6.34. The number of amides is 2. The van der Waals surface area contributed by atoms with Crippen molar-refractivity contribution in [1.29, 1.82) is 0 Å². The molecule has 0 aliphatic rings. The van der Waals surface area contributed by atoms with Crippen molar-refractivity contribution >= 4 is 60.0 Å². The number of hydrogen-bond donors (Lipinski definition) is 2. The third kappa shape index (κ3) is 6.50. The van der Waals surface area contributed by atoms with Crippen LogP contribution in [0.1, 0.15) is 33.9 Å². The molecule has 31 heavy (non-hydrogen) atoms. The van der Waals surface area contributed by atoms with Crippen molar-refractivity contribution in [1.82, 2.24) is 14.7 Å². The van der Waals surface area contributed by atoms with E-state index in [1.54, 1.807) is 6.92 Å². The fourth-order valence-corrected chi connectivity index (χ4v) is 2.69. The van der Waals surface area contributed by atoms with E-state index in [1.807, 2.05) is 0 Å². The Labute approximate surface area is 193 Å². The summed E-state index contributed by atoms with van der Waals surface area (Å²) in [7, 11) is 3.05. The van der Waals surface area contributed by atoms with Crippen LogP contribution in [0.5, 0.6) is 0 Å². The minimum absolute atomic E-state index is 0. The summed E-state index contributed by atoms with van der Waals surface area (Å²) in [6.07, 6.45) is -1.17. The third-order valence-corrected chi connectivity index (χ3v) is 4.00. The molecule has 0 bridgehead atoms. The van der Waals surface area contributed by atoms with E-state index in [2.05, 4.69) is 10.4 Å². The average molecular weight is 503 g/mol. The van der Waals surface area contributed by atoms with E-state index >= 15 is 0 Å². The highest BCUT2D eigenvalue weighted by atomic mass is 35.5. The summed E-state index contributed by atoms with van der Waals surface area (Å²) in [5, 5.41) is 6.02. The number of benzene rings is 1. The maximum Gasteiger partial charge on any atom is 0.358 e. The number of nitrogens with zero attached hydrogens (tertiary/aromatic N) is 3. The van der Waals surface area contributed by atoms with E-state index in [0.29, 0.717) is 12.1 Å². The molecule has 14 heteroatoms. The van der Waals surface area contributed by atoms with Crippen molar-refractivity contribution in [2.75, 3.05) is 26.0 Å². The molecule has 1 heterocycles. The fourth-order valence-electron chi connectivity index (χ4n) is 2.45. The molecule has 172 valence electrons. The van der Waals surface area contributed by atoms with Gasteiger partial charge in [-0.15, -0.1) is 24.8 Å². The number of nitrogens with one attached hydrogen (secondary N) is 1. The van der Waals surface area contributed by atoms with E-state index in [0.717, 1.165) is 10.7 Å². The van der Waals surface area contributed by atoms with Crippen LogP contribution < -0.4 is 11.1 Å². The van der Waals surface area contributed by atoms with Crippen molar-refractivity contribution in [3.63, 3.8) is 0 Å². The molecule has 2 rings (SSSR count).